The molecule has 3 rings (SSSR count). The molecular formula is C15H14Br2OS. The lowest BCUT2D eigenvalue weighted by Gasteiger charge is -2.17. The fourth-order valence-corrected chi connectivity index (χ4v) is 4.27. The number of hydrogen-bond donors (Lipinski definition) is 0. The zero-order valence-corrected chi connectivity index (χ0v) is 14.7. The molecule has 0 fully saturated rings. The van der Waals surface area contributed by atoms with Crippen LogP contribution in [-0.2, 0) is 5.41 Å². The third kappa shape index (κ3) is 2.50. The number of benzene rings is 1. The molecule has 0 saturated carbocycles. The van der Waals surface area contributed by atoms with Gasteiger partial charge in [-0.2, -0.15) is 0 Å². The Bertz CT molecular complexity index is 618. The molecule has 0 saturated heterocycles. The van der Waals surface area contributed by atoms with Crippen LogP contribution < -0.4 is 4.74 Å². The van der Waals surface area contributed by atoms with Crippen molar-refractivity contribution < 1.29 is 4.74 Å². The van der Waals surface area contributed by atoms with E-state index in [9.17, 15) is 0 Å². The Morgan fingerprint density at radius 3 is 2.74 bits per heavy atom. The molecule has 0 N–H and O–H groups in total. The quantitative estimate of drug-likeness (QED) is 0.589. The molecule has 0 bridgehead atoms. The largest absolute Gasteiger partial charge is 0.492 e. The maximum Gasteiger partial charge on any atom is 0.123 e. The van der Waals surface area contributed by atoms with Gasteiger partial charge in [-0.15, -0.1) is 11.3 Å². The minimum Gasteiger partial charge on any atom is -0.492 e. The number of alkyl halides is 1. The van der Waals surface area contributed by atoms with Crippen molar-refractivity contribution in [3.8, 4) is 5.75 Å². The average Bonchev–Trinajstić information content (AvgIpc) is 2.93. The second kappa shape index (κ2) is 4.90. The molecule has 1 aromatic carbocycles. The van der Waals surface area contributed by atoms with Gasteiger partial charge in [-0.1, -0.05) is 35.8 Å². The third-order valence-electron chi connectivity index (χ3n) is 3.49. The standard InChI is InChI=1S/C15H14Br2OS/c1-15(2)8-18-12-4-3-9(5-11(12)15)14(17)10-6-13(16)19-7-10/h3-7,14H,8H2,1-2H3. The van der Waals surface area contributed by atoms with Crippen LogP contribution in [0.1, 0.15) is 35.4 Å². The van der Waals surface area contributed by atoms with Crippen LogP contribution in [-0.4, -0.2) is 6.61 Å². The highest BCUT2D eigenvalue weighted by Gasteiger charge is 2.32. The van der Waals surface area contributed by atoms with Crippen molar-refractivity contribution in [2.45, 2.75) is 24.1 Å². The summed E-state index contributed by atoms with van der Waals surface area (Å²) in [5, 5.41) is 2.18. The molecule has 1 aromatic heterocycles. The highest BCUT2D eigenvalue weighted by molar-refractivity contribution is 9.11. The van der Waals surface area contributed by atoms with E-state index in [1.54, 1.807) is 11.3 Å². The first-order valence-electron chi connectivity index (χ1n) is 6.12. The van der Waals surface area contributed by atoms with E-state index in [-0.39, 0.29) is 10.2 Å². The fraction of sp³-hybridized carbons (Fsp3) is 0.333. The number of halogens is 2. The molecule has 2 aromatic rings. The minimum atomic E-state index is 0.104. The zero-order chi connectivity index (χ0) is 13.6. The Morgan fingerprint density at radius 2 is 2.05 bits per heavy atom. The van der Waals surface area contributed by atoms with Crippen LogP contribution >= 0.6 is 43.2 Å². The monoisotopic (exact) mass is 400 g/mol. The number of fused-ring (bicyclic) bond motifs is 1. The van der Waals surface area contributed by atoms with Crippen molar-refractivity contribution in [3.63, 3.8) is 0 Å². The van der Waals surface area contributed by atoms with Crippen LogP contribution in [0.15, 0.2) is 33.4 Å². The van der Waals surface area contributed by atoms with Crippen LogP contribution in [0.3, 0.4) is 0 Å². The summed E-state index contributed by atoms with van der Waals surface area (Å²) in [5.74, 6) is 1.03. The molecule has 0 radical (unpaired) electrons. The van der Waals surface area contributed by atoms with Gasteiger partial charge < -0.3 is 4.74 Å². The highest BCUT2D eigenvalue weighted by atomic mass is 79.9. The zero-order valence-electron chi connectivity index (χ0n) is 10.7. The van der Waals surface area contributed by atoms with E-state index < -0.39 is 0 Å². The van der Waals surface area contributed by atoms with Gasteiger partial charge in [-0.25, -0.2) is 0 Å². The molecule has 1 aliphatic rings. The SMILES string of the molecule is CC1(C)COc2ccc(C(Br)c3csc(Br)c3)cc21. The predicted molar refractivity (Wildman–Crippen MR) is 87.8 cm³/mol. The van der Waals surface area contributed by atoms with E-state index in [2.05, 4.69) is 75.4 Å². The van der Waals surface area contributed by atoms with Gasteiger partial charge in [-0.3, -0.25) is 0 Å². The van der Waals surface area contributed by atoms with Gasteiger partial charge in [0.25, 0.3) is 0 Å². The van der Waals surface area contributed by atoms with Crippen LogP contribution in [0.4, 0.5) is 0 Å². The lowest BCUT2D eigenvalue weighted by Crippen LogP contribution is -2.18. The van der Waals surface area contributed by atoms with Crippen LogP contribution in [0.25, 0.3) is 0 Å². The molecule has 19 heavy (non-hydrogen) atoms. The maximum atomic E-state index is 5.74. The lowest BCUT2D eigenvalue weighted by atomic mass is 9.85. The van der Waals surface area contributed by atoms with Crippen LogP contribution in [0.2, 0.25) is 0 Å². The van der Waals surface area contributed by atoms with E-state index in [0.29, 0.717) is 0 Å². The summed E-state index contributed by atoms with van der Waals surface area (Å²) < 4.78 is 6.90. The summed E-state index contributed by atoms with van der Waals surface area (Å²) in [4.78, 5) is 0.233. The molecule has 1 aliphatic heterocycles. The first-order valence-corrected chi connectivity index (χ1v) is 8.71. The van der Waals surface area contributed by atoms with Crippen molar-refractivity contribution in [2.75, 3.05) is 6.61 Å². The normalized spacial score (nSPS) is 17.9. The summed E-state index contributed by atoms with van der Waals surface area (Å²) in [6.07, 6.45) is 0. The summed E-state index contributed by atoms with van der Waals surface area (Å²) in [6, 6.07) is 8.67. The van der Waals surface area contributed by atoms with Gasteiger partial charge in [-0.05, 0) is 50.6 Å². The first-order chi connectivity index (χ1) is 8.97. The Labute approximate surface area is 134 Å². The lowest BCUT2D eigenvalue weighted by molar-refractivity contribution is 0.291. The number of rotatable bonds is 2. The fourth-order valence-electron chi connectivity index (χ4n) is 2.34. The molecule has 4 heteroatoms. The van der Waals surface area contributed by atoms with Crippen molar-refractivity contribution in [2.24, 2.45) is 0 Å². The summed E-state index contributed by atoms with van der Waals surface area (Å²) in [6.45, 7) is 5.22. The van der Waals surface area contributed by atoms with E-state index in [1.807, 2.05) is 0 Å². The first kappa shape index (κ1) is 13.7. The molecule has 0 spiro atoms. The summed E-state index contributed by atoms with van der Waals surface area (Å²) in [7, 11) is 0. The molecule has 1 atom stereocenters. The maximum absolute atomic E-state index is 5.74. The molecule has 1 nitrogen and oxygen atoms in total. The molecule has 0 amide bonds. The average molecular weight is 402 g/mol. The molecule has 100 valence electrons. The summed E-state index contributed by atoms with van der Waals surface area (Å²) in [5.41, 5.74) is 3.98. The van der Waals surface area contributed by atoms with Crippen molar-refractivity contribution >= 4 is 43.2 Å². The number of ether oxygens (including phenoxy) is 1. The van der Waals surface area contributed by atoms with Crippen LogP contribution in [0.5, 0.6) is 5.75 Å². The second-order valence-electron chi connectivity index (χ2n) is 5.47. The Morgan fingerprint density at radius 1 is 1.26 bits per heavy atom. The molecule has 0 aliphatic carbocycles. The van der Waals surface area contributed by atoms with Gasteiger partial charge in [0, 0.05) is 11.0 Å². The summed E-state index contributed by atoms with van der Waals surface area (Å²) >= 11 is 9.03. The number of hydrogen-bond acceptors (Lipinski definition) is 2. The topological polar surface area (TPSA) is 9.23 Å². The molecule has 2 heterocycles. The van der Waals surface area contributed by atoms with Gasteiger partial charge in [0.15, 0.2) is 0 Å². The molecule has 1 unspecified atom stereocenters. The van der Waals surface area contributed by atoms with Gasteiger partial charge in [0.05, 0.1) is 15.2 Å². The smallest absolute Gasteiger partial charge is 0.123 e. The highest BCUT2D eigenvalue weighted by Crippen LogP contribution is 2.42. The van der Waals surface area contributed by atoms with E-state index in [4.69, 9.17) is 4.74 Å². The van der Waals surface area contributed by atoms with Crippen LogP contribution in [0, 0.1) is 0 Å². The van der Waals surface area contributed by atoms with E-state index in [1.165, 1.54) is 16.7 Å². The third-order valence-corrected chi connectivity index (χ3v) is 6.07. The number of thiophene rings is 1. The Hall–Kier alpha value is -0.320. The van der Waals surface area contributed by atoms with Gasteiger partial charge >= 0.3 is 0 Å². The predicted octanol–water partition coefficient (Wildman–Crippen LogP) is 5.66. The Kier molecular flexibility index (Phi) is 3.52. The molecular weight excluding hydrogens is 388 g/mol. The van der Waals surface area contributed by atoms with Crippen molar-refractivity contribution in [1.82, 2.24) is 0 Å². The van der Waals surface area contributed by atoms with Crippen molar-refractivity contribution in [3.05, 3.63) is 50.1 Å². The second-order valence-corrected chi connectivity index (χ2v) is 8.68. The van der Waals surface area contributed by atoms with E-state index in [0.717, 1.165) is 16.1 Å². The van der Waals surface area contributed by atoms with E-state index >= 15 is 0 Å². The Balaban J connectivity index is 1.99. The van der Waals surface area contributed by atoms with Gasteiger partial charge in [0.1, 0.15) is 5.75 Å². The van der Waals surface area contributed by atoms with Gasteiger partial charge in [0.2, 0.25) is 0 Å². The minimum absolute atomic E-state index is 0.104. The van der Waals surface area contributed by atoms with Crippen molar-refractivity contribution in [1.29, 1.82) is 0 Å².